The predicted molar refractivity (Wildman–Crippen MR) is 51.2 cm³/mol. The topological polar surface area (TPSA) is 72.1 Å². The van der Waals surface area contributed by atoms with Crippen LogP contribution in [0.3, 0.4) is 0 Å². The van der Waals surface area contributed by atoms with E-state index in [1.165, 1.54) is 19.3 Å². The van der Waals surface area contributed by atoms with E-state index in [-0.39, 0.29) is 21.1 Å². The van der Waals surface area contributed by atoms with E-state index < -0.39 is 0 Å². The minimum atomic E-state index is 0.126. The normalized spacial score (nSPS) is 6.83. The van der Waals surface area contributed by atoms with Crippen molar-refractivity contribution in [2.24, 2.45) is 5.73 Å². The first-order chi connectivity index (χ1) is 5.91. The van der Waals surface area contributed by atoms with Crippen molar-refractivity contribution in [3.63, 3.8) is 0 Å². The first-order valence-corrected chi connectivity index (χ1v) is 8.95. The van der Waals surface area contributed by atoms with E-state index in [4.69, 9.17) is 15.9 Å². The molecule has 0 heterocycles. The van der Waals surface area contributed by atoms with Crippen LogP contribution >= 0.6 is 0 Å². The van der Waals surface area contributed by atoms with Crippen molar-refractivity contribution in [1.29, 1.82) is 0 Å². The summed E-state index contributed by atoms with van der Waals surface area (Å²) < 4.78 is 1.54. The second-order valence-corrected chi connectivity index (χ2v) is 5.40. The van der Waals surface area contributed by atoms with Crippen LogP contribution in [0.4, 0.5) is 0 Å². The molecule has 0 bridgehead atoms. The van der Waals surface area contributed by atoms with Crippen molar-refractivity contribution in [2.45, 2.75) is 28.6 Å². The van der Waals surface area contributed by atoms with Crippen molar-refractivity contribution >= 4 is 21.1 Å². The van der Waals surface area contributed by atoms with Crippen LogP contribution in [0, 0.1) is 0 Å². The standard InChI is InChI=1S/C5H12N.2CH3O.CH3.Sn/c1-2-3-4-5-6;2*1-2;;/h1-6H2;2*1H3;1H3;/q;2*-1;;+2. The fourth-order valence-electron chi connectivity index (χ4n) is 0.623. The van der Waals surface area contributed by atoms with E-state index in [9.17, 15) is 0 Å². The maximum absolute atomic E-state index is 8.25. The zero-order valence-electron chi connectivity index (χ0n) is 8.43. The van der Waals surface area contributed by atoms with Gasteiger partial charge in [0.15, 0.2) is 0 Å². The molecule has 0 rings (SSSR count). The van der Waals surface area contributed by atoms with Crippen LogP contribution < -0.4 is 15.9 Å². The molecule has 4 heteroatoms. The maximum atomic E-state index is 8.25. The summed E-state index contributed by atoms with van der Waals surface area (Å²) in [6.45, 7) is 0.884. The monoisotopic (exact) mass is 283 g/mol. The average Bonchev–Trinajstić information content (AvgIpc) is 2.19. The van der Waals surface area contributed by atoms with E-state index in [0.29, 0.717) is 0 Å². The average molecular weight is 282 g/mol. The van der Waals surface area contributed by atoms with Crippen LogP contribution in [-0.2, 0) is 0 Å². The molecule has 0 spiro atoms. The molecular weight excluding hydrogens is 261 g/mol. The van der Waals surface area contributed by atoms with Gasteiger partial charge in [0.25, 0.3) is 0 Å². The molecule has 0 aromatic heterocycles. The molecule has 0 fully saturated rings. The summed E-state index contributed by atoms with van der Waals surface area (Å²) in [5, 5.41) is 16.5. The molecule has 0 aliphatic carbocycles. The molecule has 0 unspecified atom stereocenters. The van der Waals surface area contributed by atoms with Gasteiger partial charge in [0.2, 0.25) is 0 Å². The molecular formula is C8H21NO2Sn. The molecule has 3 nitrogen and oxygen atoms in total. The van der Waals surface area contributed by atoms with Crippen molar-refractivity contribution < 1.29 is 10.2 Å². The Balaban J connectivity index is -0.000000175. The van der Waals surface area contributed by atoms with Crippen molar-refractivity contribution in [3.05, 3.63) is 0 Å². The first-order valence-electron chi connectivity index (χ1n) is 4.08. The molecule has 0 saturated heterocycles. The molecule has 0 aromatic rings. The molecule has 12 heavy (non-hydrogen) atoms. The molecule has 0 aliphatic rings. The Morgan fingerprint density at radius 2 is 1.50 bits per heavy atom. The summed E-state index contributed by atoms with van der Waals surface area (Å²) >= 11 is 0.126. The number of unbranched alkanes of at least 4 members (excludes halogenated alkanes) is 2. The molecule has 0 aliphatic heterocycles. The Morgan fingerprint density at radius 1 is 1.00 bits per heavy atom. The van der Waals surface area contributed by atoms with Gasteiger partial charge < -0.3 is 10.2 Å². The third-order valence-corrected chi connectivity index (χ3v) is 3.57. The predicted octanol–water partition coefficient (Wildman–Crippen LogP) is -0.761. The summed E-state index contributed by atoms with van der Waals surface area (Å²) in [4.78, 5) is 2.39. The Morgan fingerprint density at radius 3 is 1.83 bits per heavy atom. The van der Waals surface area contributed by atoms with Crippen LogP contribution in [0.5, 0.6) is 0 Å². The molecule has 0 aromatic carbocycles. The summed E-state index contributed by atoms with van der Waals surface area (Å²) in [5.74, 6) is 0. The first kappa shape index (κ1) is 18.5. The van der Waals surface area contributed by atoms with Crippen molar-refractivity contribution in [2.75, 3.05) is 20.8 Å². The zero-order valence-corrected chi connectivity index (χ0v) is 11.3. The summed E-state index contributed by atoms with van der Waals surface area (Å²) in [6.07, 6.45) is 4.05. The number of hydrogen-bond donors (Lipinski definition) is 1. The van der Waals surface area contributed by atoms with Gasteiger partial charge >= 0.3 is 62.1 Å². The number of rotatable bonds is 5. The fraction of sp³-hybridized carbons (Fsp3) is 1.00. The zero-order chi connectivity index (χ0) is 10.2. The molecule has 2 N–H and O–H groups in total. The Bertz CT molecular complexity index is 42.0. The van der Waals surface area contributed by atoms with E-state index >= 15 is 0 Å². The fourth-order valence-corrected chi connectivity index (χ4v) is 2.35. The molecule has 0 saturated carbocycles. The van der Waals surface area contributed by atoms with Crippen LogP contribution in [0.25, 0.3) is 0 Å². The second-order valence-electron chi connectivity index (χ2n) is 1.95. The van der Waals surface area contributed by atoms with Crippen LogP contribution in [0.1, 0.15) is 19.3 Å². The van der Waals surface area contributed by atoms with Gasteiger partial charge in [-0.15, -0.1) is 0 Å². The third-order valence-electron chi connectivity index (χ3n) is 1.13. The van der Waals surface area contributed by atoms with Gasteiger partial charge in [0.1, 0.15) is 0 Å². The van der Waals surface area contributed by atoms with Crippen molar-refractivity contribution in [1.82, 2.24) is 0 Å². The Labute approximate surface area is 86.6 Å². The Hall–Kier alpha value is 0.679. The third kappa shape index (κ3) is 31.0. The molecule has 0 atom stereocenters. The van der Waals surface area contributed by atoms with Crippen LogP contribution in [-0.4, -0.2) is 41.9 Å². The van der Waals surface area contributed by atoms with Gasteiger partial charge in [-0.05, 0) is 0 Å². The van der Waals surface area contributed by atoms with E-state index in [1.54, 1.807) is 4.44 Å². The van der Waals surface area contributed by atoms with Gasteiger partial charge in [0.05, 0.1) is 0 Å². The van der Waals surface area contributed by atoms with Crippen LogP contribution in [0.2, 0.25) is 9.38 Å². The molecule has 0 radical (unpaired) electrons. The Kier molecular flexibility index (Phi) is 45.9. The number of hydrogen-bond acceptors (Lipinski definition) is 3. The number of nitrogens with two attached hydrogens (primary N) is 1. The second kappa shape index (κ2) is 29.9. The summed E-state index contributed by atoms with van der Waals surface area (Å²) in [7, 11) is 1.50. The minimum absolute atomic E-state index is 0.126. The van der Waals surface area contributed by atoms with Gasteiger partial charge in [-0.1, -0.05) is 0 Å². The van der Waals surface area contributed by atoms with Gasteiger partial charge in [0, 0.05) is 0 Å². The molecule has 74 valence electrons. The summed E-state index contributed by atoms with van der Waals surface area (Å²) in [6, 6.07) is 0. The van der Waals surface area contributed by atoms with Gasteiger partial charge in [-0.25, -0.2) is 0 Å². The summed E-state index contributed by atoms with van der Waals surface area (Å²) in [5.41, 5.74) is 5.32. The van der Waals surface area contributed by atoms with Crippen LogP contribution in [0.15, 0.2) is 0 Å². The van der Waals surface area contributed by atoms with E-state index in [2.05, 4.69) is 4.94 Å². The van der Waals surface area contributed by atoms with Gasteiger partial charge in [-0.2, -0.15) is 14.2 Å². The quantitative estimate of drug-likeness (QED) is 0.532. The van der Waals surface area contributed by atoms with E-state index in [1.807, 2.05) is 0 Å². The van der Waals surface area contributed by atoms with E-state index in [0.717, 1.165) is 20.8 Å². The molecule has 0 amide bonds. The SMILES string of the molecule is C[O-].C[O-].[CH3][Sn+2][CH2]CCCCN. The van der Waals surface area contributed by atoms with Gasteiger partial charge in [-0.3, -0.25) is 0 Å². The van der Waals surface area contributed by atoms with Crippen molar-refractivity contribution in [3.8, 4) is 0 Å².